The van der Waals surface area contributed by atoms with Gasteiger partial charge in [-0.25, -0.2) is 0 Å². The molecule has 4 heteroatoms. The maximum absolute atomic E-state index is 11.5. The number of amides is 1. The molecule has 1 amide bonds. The minimum atomic E-state index is -0.559. The number of unbranched alkanes of at least 4 members (excludes halogenated alkanes) is 1. The van der Waals surface area contributed by atoms with Crippen molar-refractivity contribution in [2.75, 3.05) is 6.54 Å². The molecule has 0 aromatic carbocycles. The zero-order chi connectivity index (χ0) is 11.1. The smallest absolute Gasteiger partial charge is 0.242 e. The van der Waals surface area contributed by atoms with Crippen LogP contribution in [0.25, 0.3) is 0 Å². The highest BCUT2D eigenvalue weighted by Crippen LogP contribution is 2.16. The predicted octanol–water partition coefficient (Wildman–Crippen LogP) is 1.28. The van der Waals surface area contributed by atoms with Gasteiger partial charge in [-0.3, -0.25) is 4.79 Å². The molecule has 0 aliphatic carbocycles. The van der Waals surface area contributed by atoms with Gasteiger partial charge in [-0.2, -0.15) is 0 Å². The third kappa shape index (κ3) is 3.74. The van der Waals surface area contributed by atoms with Gasteiger partial charge in [-0.1, -0.05) is 6.07 Å². The molecule has 1 aromatic heterocycles. The van der Waals surface area contributed by atoms with Crippen LogP contribution in [0, 0.1) is 12.3 Å². The van der Waals surface area contributed by atoms with E-state index >= 15 is 0 Å². The van der Waals surface area contributed by atoms with E-state index in [-0.39, 0.29) is 5.91 Å². The van der Waals surface area contributed by atoms with Crippen LogP contribution in [0.3, 0.4) is 0 Å². The molecule has 1 unspecified atom stereocenters. The summed E-state index contributed by atoms with van der Waals surface area (Å²) in [7, 11) is 0. The van der Waals surface area contributed by atoms with Crippen molar-refractivity contribution in [3.8, 4) is 12.3 Å². The van der Waals surface area contributed by atoms with E-state index in [9.17, 15) is 4.79 Å². The van der Waals surface area contributed by atoms with Crippen LogP contribution in [0.4, 0.5) is 0 Å². The third-order valence-electron chi connectivity index (χ3n) is 1.93. The lowest BCUT2D eigenvalue weighted by molar-refractivity contribution is -0.122. The molecule has 0 saturated carbocycles. The van der Waals surface area contributed by atoms with Crippen LogP contribution in [-0.4, -0.2) is 12.5 Å². The molecule has 1 aromatic rings. The normalized spacial score (nSPS) is 11.7. The van der Waals surface area contributed by atoms with Crippen LogP contribution in [0.5, 0.6) is 0 Å². The second kappa shape index (κ2) is 6.23. The lowest BCUT2D eigenvalue weighted by atomic mass is 10.2. The van der Waals surface area contributed by atoms with Gasteiger partial charge < -0.3 is 11.1 Å². The molecule has 3 nitrogen and oxygen atoms in total. The van der Waals surface area contributed by atoms with Crippen LogP contribution in [-0.2, 0) is 4.79 Å². The molecule has 0 saturated heterocycles. The quantitative estimate of drug-likeness (QED) is 0.582. The highest BCUT2D eigenvalue weighted by molar-refractivity contribution is 7.10. The molecule has 80 valence electrons. The second-order valence-electron chi connectivity index (χ2n) is 3.09. The van der Waals surface area contributed by atoms with Crippen molar-refractivity contribution >= 4 is 17.2 Å². The van der Waals surface area contributed by atoms with E-state index in [1.165, 1.54) is 11.3 Å². The van der Waals surface area contributed by atoms with E-state index in [2.05, 4.69) is 11.2 Å². The molecule has 0 aliphatic rings. The average Bonchev–Trinajstić information content (AvgIpc) is 2.76. The Morgan fingerprint density at radius 3 is 3.13 bits per heavy atom. The molecule has 1 heterocycles. The van der Waals surface area contributed by atoms with Gasteiger partial charge in [0.05, 0.1) is 0 Å². The fourth-order valence-corrected chi connectivity index (χ4v) is 1.83. The monoisotopic (exact) mass is 222 g/mol. The number of nitrogens with one attached hydrogen (secondary N) is 1. The van der Waals surface area contributed by atoms with E-state index in [4.69, 9.17) is 12.2 Å². The molecular weight excluding hydrogens is 208 g/mol. The largest absolute Gasteiger partial charge is 0.354 e. The van der Waals surface area contributed by atoms with Crippen molar-refractivity contribution in [3.63, 3.8) is 0 Å². The first kappa shape index (κ1) is 11.8. The molecule has 1 rings (SSSR count). The van der Waals surface area contributed by atoms with Gasteiger partial charge in [0.25, 0.3) is 0 Å². The molecule has 1 atom stereocenters. The highest BCUT2D eigenvalue weighted by atomic mass is 32.1. The minimum absolute atomic E-state index is 0.144. The van der Waals surface area contributed by atoms with Crippen molar-refractivity contribution in [2.45, 2.75) is 18.9 Å². The Morgan fingerprint density at radius 1 is 1.73 bits per heavy atom. The van der Waals surface area contributed by atoms with Crippen molar-refractivity contribution in [1.29, 1.82) is 0 Å². The summed E-state index contributed by atoms with van der Waals surface area (Å²) in [5, 5.41) is 4.66. The topological polar surface area (TPSA) is 55.1 Å². The fraction of sp³-hybridized carbons (Fsp3) is 0.364. The Bertz CT molecular complexity index is 340. The van der Waals surface area contributed by atoms with Gasteiger partial charge >= 0.3 is 0 Å². The molecule has 0 fully saturated rings. The lowest BCUT2D eigenvalue weighted by Crippen LogP contribution is -2.34. The van der Waals surface area contributed by atoms with Crippen molar-refractivity contribution in [3.05, 3.63) is 22.4 Å². The van der Waals surface area contributed by atoms with Crippen LogP contribution in [0.2, 0.25) is 0 Å². The molecule has 0 spiro atoms. The van der Waals surface area contributed by atoms with Gasteiger partial charge in [-0.15, -0.1) is 23.7 Å². The summed E-state index contributed by atoms with van der Waals surface area (Å²) in [5.41, 5.74) is 5.76. The Balaban J connectivity index is 2.32. The molecule has 15 heavy (non-hydrogen) atoms. The maximum Gasteiger partial charge on any atom is 0.242 e. The molecular formula is C11H14N2OS. The van der Waals surface area contributed by atoms with Gasteiger partial charge in [0.15, 0.2) is 0 Å². The number of carbonyl (C=O) groups excluding carboxylic acids is 1. The predicted molar refractivity (Wildman–Crippen MR) is 62.3 cm³/mol. The third-order valence-corrected chi connectivity index (χ3v) is 2.88. The Kier molecular flexibility index (Phi) is 4.88. The highest BCUT2D eigenvalue weighted by Gasteiger charge is 2.15. The average molecular weight is 222 g/mol. The van der Waals surface area contributed by atoms with E-state index in [1.807, 2.05) is 17.5 Å². The molecule has 0 bridgehead atoms. The van der Waals surface area contributed by atoms with Gasteiger partial charge in [0.1, 0.15) is 6.04 Å². The van der Waals surface area contributed by atoms with E-state index in [1.54, 1.807) is 0 Å². The second-order valence-corrected chi connectivity index (χ2v) is 4.07. The number of rotatable bonds is 5. The summed E-state index contributed by atoms with van der Waals surface area (Å²) in [6.07, 6.45) is 6.56. The van der Waals surface area contributed by atoms with Crippen molar-refractivity contribution in [2.24, 2.45) is 5.73 Å². The van der Waals surface area contributed by atoms with Crippen LogP contribution in [0.1, 0.15) is 23.8 Å². The first-order chi connectivity index (χ1) is 7.25. The minimum Gasteiger partial charge on any atom is -0.354 e. The van der Waals surface area contributed by atoms with Crippen LogP contribution >= 0.6 is 11.3 Å². The summed E-state index contributed by atoms with van der Waals surface area (Å²) < 4.78 is 0. The summed E-state index contributed by atoms with van der Waals surface area (Å²) in [6, 6.07) is 3.18. The number of nitrogens with two attached hydrogens (primary N) is 1. The van der Waals surface area contributed by atoms with E-state index in [0.717, 1.165) is 11.3 Å². The first-order valence-corrected chi connectivity index (χ1v) is 5.64. The summed E-state index contributed by atoms with van der Waals surface area (Å²) in [4.78, 5) is 12.4. The number of hydrogen-bond donors (Lipinski definition) is 2. The molecule has 0 aliphatic heterocycles. The zero-order valence-electron chi connectivity index (χ0n) is 8.40. The van der Waals surface area contributed by atoms with Crippen LogP contribution < -0.4 is 11.1 Å². The standard InChI is InChI=1S/C11H14N2OS/c1-2-3-4-7-13-11(14)10(12)9-6-5-8-15-9/h1,5-6,8,10H,3-4,7,12H2,(H,13,14). The number of carbonyl (C=O) groups is 1. The first-order valence-electron chi connectivity index (χ1n) is 4.76. The van der Waals surface area contributed by atoms with E-state index < -0.39 is 6.04 Å². The Hall–Kier alpha value is -1.31. The van der Waals surface area contributed by atoms with Crippen LogP contribution in [0.15, 0.2) is 17.5 Å². The SMILES string of the molecule is C#CCCCNC(=O)C(N)c1cccs1. The van der Waals surface area contributed by atoms with Gasteiger partial charge in [-0.05, 0) is 17.9 Å². The summed E-state index contributed by atoms with van der Waals surface area (Å²) in [6.45, 7) is 0.585. The number of hydrogen-bond acceptors (Lipinski definition) is 3. The summed E-state index contributed by atoms with van der Waals surface area (Å²) in [5.74, 6) is 2.37. The van der Waals surface area contributed by atoms with E-state index in [0.29, 0.717) is 13.0 Å². The molecule has 0 radical (unpaired) electrons. The van der Waals surface area contributed by atoms with Gasteiger partial charge in [0.2, 0.25) is 5.91 Å². The maximum atomic E-state index is 11.5. The molecule has 3 N–H and O–H groups in total. The Morgan fingerprint density at radius 2 is 2.53 bits per heavy atom. The number of thiophene rings is 1. The van der Waals surface area contributed by atoms with Crippen molar-refractivity contribution < 1.29 is 4.79 Å². The van der Waals surface area contributed by atoms with Gasteiger partial charge in [0, 0.05) is 17.8 Å². The lowest BCUT2D eigenvalue weighted by Gasteiger charge is -2.09. The zero-order valence-corrected chi connectivity index (χ0v) is 9.22. The number of terminal acetylenes is 1. The fourth-order valence-electron chi connectivity index (χ4n) is 1.11. The Labute approximate surface area is 93.7 Å². The van der Waals surface area contributed by atoms with Crippen molar-refractivity contribution in [1.82, 2.24) is 5.32 Å². The summed E-state index contributed by atoms with van der Waals surface area (Å²) >= 11 is 1.48.